The Labute approximate surface area is 343 Å². The fourth-order valence-corrected chi connectivity index (χ4v) is 9.50. The maximum Gasteiger partial charge on any atom is 0.137 e. The first-order chi connectivity index (χ1) is 28.3. The zero-order valence-electron chi connectivity index (χ0n) is 31.9. The minimum Gasteiger partial charge on any atom is -0.456 e. The second-order valence-electron chi connectivity index (χ2n) is 15.6. The number of para-hydroxylation sites is 2. The van der Waals surface area contributed by atoms with Gasteiger partial charge in [-0.25, -0.2) is 0 Å². The van der Waals surface area contributed by atoms with E-state index in [4.69, 9.17) is 43.6 Å². The first kappa shape index (κ1) is 34.9. The number of benzene rings is 8. The van der Waals surface area contributed by atoms with Crippen molar-refractivity contribution < 1.29 is 4.42 Å². The van der Waals surface area contributed by atoms with Gasteiger partial charge in [-0.1, -0.05) is 133 Å². The summed E-state index contributed by atoms with van der Waals surface area (Å²) < 4.78 is 9.04. The van der Waals surface area contributed by atoms with Crippen molar-refractivity contribution in [1.82, 2.24) is 4.57 Å². The summed E-state index contributed by atoms with van der Waals surface area (Å²) in [5.41, 5.74) is 12.8. The summed E-state index contributed by atoms with van der Waals surface area (Å²) in [7, 11) is 32.5. The summed E-state index contributed by atoms with van der Waals surface area (Å²) >= 11 is 0. The van der Waals surface area contributed by atoms with Gasteiger partial charge in [0, 0.05) is 27.3 Å². The first-order valence-electron chi connectivity index (χ1n) is 19.6. The van der Waals surface area contributed by atoms with Crippen molar-refractivity contribution in [2.24, 2.45) is 5.92 Å². The van der Waals surface area contributed by atoms with Crippen molar-refractivity contribution in [1.29, 1.82) is 0 Å². The summed E-state index contributed by atoms with van der Waals surface area (Å²) in [6.07, 6.45) is 5.30. The third-order valence-electron chi connectivity index (χ3n) is 12.2. The van der Waals surface area contributed by atoms with Crippen LogP contribution in [0.2, 0.25) is 0 Å². The van der Waals surface area contributed by atoms with Crippen LogP contribution in [0.3, 0.4) is 0 Å². The summed E-state index contributed by atoms with van der Waals surface area (Å²) in [6, 6.07) is 47.4. The molecule has 1 aliphatic rings. The van der Waals surface area contributed by atoms with Crippen LogP contribution in [0.1, 0.15) is 18.2 Å². The number of hydrogen-bond donors (Lipinski definition) is 0. The van der Waals surface area contributed by atoms with E-state index in [2.05, 4.69) is 145 Å². The lowest BCUT2D eigenvalue weighted by molar-refractivity contribution is 0.584. The number of hydrogen-bond acceptors (Lipinski definition) is 1. The van der Waals surface area contributed by atoms with E-state index in [0.29, 0.717) is 22.4 Å². The molecule has 8 aromatic carbocycles. The zero-order valence-corrected chi connectivity index (χ0v) is 31.9. The summed E-state index contributed by atoms with van der Waals surface area (Å²) in [4.78, 5) is 0. The van der Waals surface area contributed by atoms with Gasteiger partial charge in [0.1, 0.15) is 50.6 Å². The van der Waals surface area contributed by atoms with Gasteiger partial charge in [0.05, 0.1) is 16.7 Å². The lowest BCUT2D eigenvalue weighted by atomic mass is 9.59. The molecule has 0 aliphatic heterocycles. The van der Waals surface area contributed by atoms with E-state index in [0.717, 1.165) is 89.2 Å². The molecule has 0 spiro atoms. The monoisotopic (exact) mass is 727 g/mol. The lowest BCUT2D eigenvalue weighted by Gasteiger charge is -2.25. The van der Waals surface area contributed by atoms with E-state index in [1.165, 1.54) is 16.3 Å². The van der Waals surface area contributed by atoms with Crippen LogP contribution in [0.4, 0.5) is 0 Å². The van der Waals surface area contributed by atoms with Crippen LogP contribution in [-0.2, 0) is 6.42 Å². The molecule has 0 fully saturated rings. The fraction of sp³-hybridized carbons (Fsp3) is 0.0588. The lowest BCUT2D eigenvalue weighted by Crippen LogP contribution is -2.55. The Balaban J connectivity index is 1.16. The molecule has 2 aromatic heterocycles. The van der Waals surface area contributed by atoms with E-state index in [9.17, 15) is 0 Å². The second-order valence-corrected chi connectivity index (χ2v) is 15.6. The molecule has 10 radical (unpaired) electrons. The van der Waals surface area contributed by atoms with Gasteiger partial charge in [-0.3, -0.25) is 0 Å². The van der Waals surface area contributed by atoms with Crippen molar-refractivity contribution >= 4 is 127 Å². The minimum atomic E-state index is 0.198. The van der Waals surface area contributed by atoms with Gasteiger partial charge in [-0.15, -0.1) is 16.4 Å². The maximum atomic E-state index is 6.72. The van der Waals surface area contributed by atoms with Crippen molar-refractivity contribution in [2.45, 2.75) is 13.3 Å². The van der Waals surface area contributed by atoms with Gasteiger partial charge >= 0.3 is 0 Å². The number of nitrogens with zero attached hydrogens (tertiary/aromatic N) is 1. The van der Waals surface area contributed by atoms with Crippen LogP contribution >= 0.6 is 0 Å². The topological polar surface area (TPSA) is 18.1 Å². The van der Waals surface area contributed by atoms with Crippen molar-refractivity contribution in [3.05, 3.63) is 151 Å². The molecule has 10 aromatic rings. The number of furan rings is 1. The van der Waals surface area contributed by atoms with E-state index in [1.807, 2.05) is 12.1 Å². The molecule has 1 atom stereocenters. The molecule has 1 aliphatic carbocycles. The Bertz CT molecular complexity index is 3250. The van der Waals surface area contributed by atoms with Crippen LogP contribution in [0, 0.1) is 5.92 Å². The molecule has 260 valence electrons. The standard InChI is InChI=1S/C51H30B5NO/c1-27-18-24-40-37(26-27)44-41(58-40)25-23-30(51(44)57-38-16-8-6-10-31(38)32-11-7-9-17-39(32)57)28-19-21-29(22-20-28)42-33-12-2-4-14-35(33)43(36-15-5-3-13-34(36)42)45-46(52)48(54)50(56)49(55)47(45)53/h2-25,27H,26H2,1H3. The van der Waals surface area contributed by atoms with Gasteiger partial charge in [-0.2, -0.15) is 0 Å². The van der Waals surface area contributed by atoms with Crippen molar-refractivity contribution in [2.75, 3.05) is 0 Å². The number of aromatic nitrogens is 1. The van der Waals surface area contributed by atoms with E-state index in [-0.39, 0.29) is 16.4 Å². The minimum absolute atomic E-state index is 0.198. The molecule has 2 heterocycles. The molecule has 0 saturated carbocycles. The zero-order chi connectivity index (χ0) is 39.4. The molecule has 58 heavy (non-hydrogen) atoms. The third-order valence-corrected chi connectivity index (χ3v) is 12.2. The first-order valence-corrected chi connectivity index (χ1v) is 19.6. The smallest absolute Gasteiger partial charge is 0.137 e. The maximum absolute atomic E-state index is 6.72. The summed E-state index contributed by atoms with van der Waals surface area (Å²) in [5.74, 6) is 1.35. The SMILES string of the molecule is [B]c1c([B])c([B])c(-c2c3ccccc3c(-c3ccc(-c4ccc5oc6c(c5c4-n4c5ccccc5c5ccccc54)CC(C)C=C6)cc3)c3ccccc23)c([B])c1[B]. The Morgan fingerprint density at radius 2 is 0.983 bits per heavy atom. The van der Waals surface area contributed by atoms with Gasteiger partial charge in [0.15, 0.2) is 0 Å². The van der Waals surface area contributed by atoms with Crippen LogP contribution in [-0.4, -0.2) is 43.8 Å². The Kier molecular flexibility index (Phi) is 7.89. The summed E-state index contributed by atoms with van der Waals surface area (Å²) in [5, 5.41) is 7.67. The van der Waals surface area contributed by atoms with E-state index < -0.39 is 0 Å². The quantitative estimate of drug-likeness (QED) is 0.133. The molecule has 0 amide bonds. The molecule has 1 unspecified atom stereocenters. The summed E-state index contributed by atoms with van der Waals surface area (Å²) in [6.45, 7) is 2.27. The van der Waals surface area contributed by atoms with E-state index >= 15 is 0 Å². The molecule has 0 saturated heterocycles. The Morgan fingerprint density at radius 1 is 0.500 bits per heavy atom. The van der Waals surface area contributed by atoms with Crippen LogP contribution in [0.15, 0.2) is 144 Å². The largest absolute Gasteiger partial charge is 0.456 e. The van der Waals surface area contributed by atoms with Crippen molar-refractivity contribution in [3.8, 4) is 39.1 Å². The van der Waals surface area contributed by atoms with Crippen LogP contribution in [0.25, 0.3) is 99.5 Å². The average molecular weight is 727 g/mol. The Hall–Kier alpha value is -6.32. The highest BCUT2D eigenvalue weighted by Gasteiger charge is 2.26. The number of rotatable bonds is 4. The Morgan fingerprint density at radius 3 is 1.55 bits per heavy atom. The molecule has 7 heteroatoms. The fourth-order valence-electron chi connectivity index (χ4n) is 9.50. The highest BCUT2D eigenvalue weighted by Crippen LogP contribution is 2.46. The number of allylic oxidation sites excluding steroid dienone is 1. The normalized spacial score (nSPS) is 14.0. The van der Waals surface area contributed by atoms with Crippen molar-refractivity contribution in [3.63, 3.8) is 0 Å². The molecule has 2 nitrogen and oxygen atoms in total. The highest BCUT2D eigenvalue weighted by atomic mass is 16.3. The van der Waals surface area contributed by atoms with Gasteiger partial charge in [0.25, 0.3) is 0 Å². The predicted octanol–water partition coefficient (Wildman–Crippen LogP) is 8.01. The van der Waals surface area contributed by atoms with Gasteiger partial charge in [-0.05, 0) is 92.0 Å². The van der Waals surface area contributed by atoms with Crippen LogP contribution < -0.4 is 27.3 Å². The molecule has 0 bridgehead atoms. The molecular formula is C51H30B5NO. The molecule has 11 rings (SSSR count). The predicted molar refractivity (Wildman–Crippen MR) is 251 cm³/mol. The third kappa shape index (κ3) is 4.99. The average Bonchev–Trinajstić information content (AvgIpc) is 3.80. The second kappa shape index (κ2) is 13.1. The number of fused-ring (bicyclic) bond motifs is 8. The molecular weight excluding hydrogens is 697 g/mol. The molecule has 0 N–H and O–H groups in total. The van der Waals surface area contributed by atoms with Crippen LogP contribution in [0.5, 0.6) is 0 Å². The van der Waals surface area contributed by atoms with E-state index in [1.54, 1.807) is 0 Å². The van der Waals surface area contributed by atoms with Gasteiger partial charge < -0.3 is 8.98 Å². The highest BCUT2D eigenvalue weighted by molar-refractivity contribution is 6.69. The van der Waals surface area contributed by atoms with Gasteiger partial charge in [0.2, 0.25) is 0 Å².